The topological polar surface area (TPSA) is 54.0 Å². The number of hydrogen-bond donors (Lipinski definition) is 2. The van der Waals surface area contributed by atoms with Crippen LogP contribution in [0.25, 0.3) is 0 Å². The molecule has 0 saturated heterocycles. The zero-order valence-corrected chi connectivity index (χ0v) is 16.3. The highest BCUT2D eigenvalue weighted by atomic mass is 35.5. The standard InChI is InChI=1S/C21H19Cl2N3O/c1-14(16-5-3-2-4-6-16)24-12-15-7-9-18(22)19(11-15)26-21(27)17-8-10-20(23)25-13-17/h2-11,13-14,24H,12H2,1H3,(H,26,27)/t14-/m1/s1. The summed E-state index contributed by atoms with van der Waals surface area (Å²) in [5.41, 5.74) is 3.21. The van der Waals surface area contributed by atoms with E-state index in [9.17, 15) is 4.79 Å². The van der Waals surface area contributed by atoms with E-state index in [-0.39, 0.29) is 11.9 Å². The van der Waals surface area contributed by atoms with E-state index in [1.807, 2.05) is 30.3 Å². The third kappa shape index (κ3) is 5.30. The number of aromatic nitrogens is 1. The summed E-state index contributed by atoms with van der Waals surface area (Å²) in [6, 6.07) is 19.2. The van der Waals surface area contributed by atoms with Gasteiger partial charge in [-0.25, -0.2) is 4.98 Å². The molecule has 0 bridgehead atoms. The van der Waals surface area contributed by atoms with Gasteiger partial charge in [0, 0.05) is 18.8 Å². The number of rotatable bonds is 6. The van der Waals surface area contributed by atoms with Crippen molar-refractivity contribution in [2.75, 3.05) is 5.32 Å². The maximum Gasteiger partial charge on any atom is 0.257 e. The highest BCUT2D eigenvalue weighted by Gasteiger charge is 2.11. The Balaban J connectivity index is 1.67. The lowest BCUT2D eigenvalue weighted by molar-refractivity contribution is 0.102. The van der Waals surface area contributed by atoms with Gasteiger partial charge in [-0.2, -0.15) is 0 Å². The molecule has 3 aromatic rings. The molecule has 1 aromatic heterocycles. The summed E-state index contributed by atoms with van der Waals surface area (Å²) in [7, 11) is 0. The lowest BCUT2D eigenvalue weighted by Crippen LogP contribution is -2.18. The van der Waals surface area contributed by atoms with Gasteiger partial charge < -0.3 is 10.6 Å². The van der Waals surface area contributed by atoms with Gasteiger partial charge in [-0.1, -0.05) is 59.6 Å². The number of pyridine rings is 1. The van der Waals surface area contributed by atoms with Crippen molar-refractivity contribution in [1.29, 1.82) is 0 Å². The normalized spacial score (nSPS) is 11.8. The quantitative estimate of drug-likeness (QED) is 0.538. The Bertz CT molecular complexity index is 914. The Morgan fingerprint density at radius 2 is 1.85 bits per heavy atom. The first-order chi connectivity index (χ1) is 13.0. The summed E-state index contributed by atoms with van der Waals surface area (Å²) >= 11 is 12.0. The fourth-order valence-corrected chi connectivity index (χ4v) is 2.89. The molecule has 1 atom stereocenters. The van der Waals surface area contributed by atoms with Gasteiger partial charge in [-0.3, -0.25) is 4.79 Å². The third-order valence-corrected chi connectivity index (χ3v) is 4.73. The summed E-state index contributed by atoms with van der Waals surface area (Å²) in [5.74, 6) is -0.288. The van der Waals surface area contributed by atoms with Gasteiger partial charge in [0.1, 0.15) is 5.15 Å². The minimum atomic E-state index is -0.288. The molecule has 27 heavy (non-hydrogen) atoms. The van der Waals surface area contributed by atoms with E-state index in [1.54, 1.807) is 18.2 Å². The van der Waals surface area contributed by atoms with Gasteiger partial charge in [-0.15, -0.1) is 0 Å². The van der Waals surface area contributed by atoms with E-state index in [1.165, 1.54) is 11.8 Å². The number of anilines is 1. The molecule has 0 saturated carbocycles. The van der Waals surface area contributed by atoms with Crippen molar-refractivity contribution in [3.8, 4) is 0 Å². The van der Waals surface area contributed by atoms with Crippen molar-refractivity contribution < 1.29 is 4.79 Å². The molecule has 0 aliphatic carbocycles. The molecule has 0 fully saturated rings. The molecule has 4 nitrogen and oxygen atoms in total. The zero-order chi connectivity index (χ0) is 19.2. The summed E-state index contributed by atoms with van der Waals surface area (Å²) in [4.78, 5) is 16.3. The van der Waals surface area contributed by atoms with Crippen LogP contribution in [-0.2, 0) is 6.54 Å². The van der Waals surface area contributed by atoms with Crippen LogP contribution in [0.5, 0.6) is 0 Å². The molecule has 1 heterocycles. The van der Waals surface area contributed by atoms with Gasteiger partial charge in [0.15, 0.2) is 0 Å². The Labute approximate surface area is 168 Å². The number of carbonyl (C=O) groups excluding carboxylic acids is 1. The zero-order valence-electron chi connectivity index (χ0n) is 14.7. The Morgan fingerprint density at radius 3 is 2.56 bits per heavy atom. The molecule has 138 valence electrons. The Kier molecular flexibility index (Phi) is 6.45. The van der Waals surface area contributed by atoms with Crippen LogP contribution in [0.1, 0.15) is 34.5 Å². The number of nitrogens with one attached hydrogen (secondary N) is 2. The number of carbonyl (C=O) groups is 1. The average molecular weight is 400 g/mol. The van der Waals surface area contributed by atoms with Crippen molar-refractivity contribution >= 4 is 34.8 Å². The van der Waals surface area contributed by atoms with Crippen molar-refractivity contribution in [3.05, 3.63) is 93.7 Å². The van der Waals surface area contributed by atoms with Gasteiger partial charge in [-0.05, 0) is 42.3 Å². The van der Waals surface area contributed by atoms with E-state index in [0.29, 0.717) is 28.0 Å². The minimum absolute atomic E-state index is 0.208. The van der Waals surface area contributed by atoms with Crippen molar-refractivity contribution in [1.82, 2.24) is 10.3 Å². The second-order valence-electron chi connectivity index (χ2n) is 6.15. The van der Waals surface area contributed by atoms with E-state index in [0.717, 1.165) is 5.56 Å². The van der Waals surface area contributed by atoms with Crippen molar-refractivity contribution in [3.63, 3.8) is 0 Å². The number of nitrogens with zero attached hydrogens (tertiary/aromatic N) is 1. The fourth-order valence-electron chi connectivity index (χ4n) is 2.61. The summed E-state index contributed by atoms with van der Waals surface area (Å²) in [5, 5.41) is 7.11. The number of halogens is 2. The maximum absolute atomic E-state index is 12.4. The molecular formula is C21H19Cl2N3O. The van der Waals surface area contributed by atoms with Crippen LogP contribution in [0.15, 0.2) is 66.9 Å². The maximum atomic E-state index is 12.4. The SMILES string of the molecule is C[C@@H](NCc1ccc(Cl)c(NC(=O)c2ccc(Cl)nc2)c1)c1ccccc1. The molecule has 0 unspecified atom stereocenters. The molecule has 1 amide bonds. The average Bonchev–Trinajstić information content (AvgIpc) is 2.69. The van der Waals surface area contributed by atoms with E-state index >= 15 is 0 Å². The molecule has 0 radical (unpaired) electrons. The number of hydrogen-bond acceptors (Lipinski definition) is 3. The second-order valence-corrected chi connectivity index (χ2v) is 6.95. The third-order valence-electron chi connectivity index (χ3n) is 4.18. The number of amides is 1. The van der Waals surface area contributed by atoms with Crippen LogP contribution >= 0.6 is 23.2 Å². The second kappa shape index (κ2) is 9.00. The molecular weight excluding hydrogens is 381 g/mol. The van der Waals surface area contributed by atoms with E-state index in [4.69, 9.17) is 23.2 Å². The highest BCUT2D eigenvalue weighted by molar-refractivity contribution is 6.34. The van der Waals surface area contributed by atoms with Gasteiger partial charge in [0.05, 0.1) is 16.3 Å². The first kappa shape index (κ1) is 19.4. The predicted octanol–water partition coefficient (Wildman–Crippen LogP) is 5.49. The minimum Gasteiger partial charge on any atom is -0.321 e. The molecule has 0 aliphatic rings. The summed E-state index contributed by atoms with van der Waals surface area (Å²) in [6.45, 7) is 2.76. The predicted molar refractivity (Wildman–Crippen MR) is 110 cm³/mol. The molecule has 3 rings (SSSR count). The monoisotopic (exact) mass is 399 g/mol. The molecule has 2 aromatic carbocycles. The van der Waals surface area contributed by atoms with Gasteiger partial charge in [0.2, 0.25) is 0 Å². The number of benzene rings is 2. The van der Waals surface area contributed by atoms with Crippen LogP contribution in [0.3, 0.4) is 0 Å². The smallest absolute Gasteiger partial charge is 0.257 e. The largest absolute Gasteiger partial charge is 0.321 e. The van der Waals surface area contributed by atoms with Crippen molar-refractivity contribution in [2.45, 2.75) is 19.5 Å². The van der Waals surface area contributed by atoms with Gasteiger partial charge in [0.25, 0.3) is 5.91 Å². The molecule has 6 heteroatoms. The molecule has 2 N–H and O–H groups in total. The highest BCUT2D eigenvalue weighted by Crippen LogP contribution is 2.24. The van der Waals surface area contributed by atoms with Crippen LogP contribution in [0, 0.1) is 0 Å². The van der Waals surface area contributed by atoms with Gasteiger partial charge >= 0.3 is 0 Å². The lowest BCUT2D eigenvalue weighted by atomic mass is 10.1. The molecule has 0 aliphatic heterocycles. The van der Waals surface area contributed by atoms with Crippen LogP contribution < -0.4 is 10.6 Å². The van der Waals surface area contributed by atoms with Crippen LogP contribution in [0.2, 0.25) is 10.2 Å². The lowest BCUT2D eigenvalue weighted by Gasteiger charge is -2.15. The van der Waals surface area contributed by atoms with E-state index in [2.05, 4.69) is 34.7 Å². The first-order valence-electron chi connectivity index (χ1n) is 8.52. The van der Waals surface area contributed by atoms with Crippen molar-refractivity contribution in [2.24, 2.45) is 0 Å². The first-order valence-corrected chi connectivity index (χ1v) is 9.28. The summed E-state index contributed by atoms with van der Waals surface area (Å²) in [6.07, 6.45) is 1.43. The Morgan fingerprint density at radius 1 is 1.07 bits per heavy atom. The Hall–Kier alpha value is -2.40. The fraction of sp³-hybridized carbons (Fsp3) is 0.143. The summed E-state index contributed by atoms with van der Waals surface area (Å²) < 4.78 is 0. The molecule has 0 spiro atoms. The van der Waals surface area contributed by atoms with E-state index < -0.39 is 0 Å². The van der Waals surface area contributed by atoms with Crippen LogP contribution in [-0.4, -0.2) is 10.9 Å². The van der Waals surface area contributed by atoms with Crippen LogP contribution in [0.4, 0.5) is 5.69 Å².